The third kappa shape index (κ3) is 3.35. The topological polar surface area (TPSA) is 55.2 Å². The van der Waals surface area contributed by atoms with Gasteiger partial charge in [-0.1, -0.05) is 42.5 Å². The molecular formula is C16H18N2O2. The maximum atomic E-state index is 11.1. The van der Waals surface area contributed by atoms with Gasteiger partial charge in [0.05, 0.1) is 4.92 Å². The van der Waals surface area contributed by atoms with Gasteiger partial charge in [-0.25, -0.2) is 0 Å². The molecule has 0 saturated heterocycles. The summed E-state index contributed by atoms with van der Waals surface area (Å²) in [4.78, 5) is 10.8. The number of hydrogen-bond acceptors (Lipinski definition) is 3. The van der Waals surface area contributed by atoms with Gasteiger partial charge in [-0.05, 0) is 31.9 Å². The van der Waals surface area contributed by atoms with Crippen molar-refractivity contribution in [1.29, 1.82) is 0 Å². The molecule has 4 nitrogen and oxygen atoms in total. The molecule has 0 aliphatic carbocycles. The van der Waals surface area contributed by atoms with E-state index < -0.39 is 0 Å². The average molecular weight is 270 g/mol. The van der Waals surface area contributed by atoms with Crippen LogP contribution in [-0.4, -0.2) is 11.0 Å². The van der Waals surface area contributed by atoms with Crippen molar-refractivity contribution >= 4 is 11.4 Å². The lowest BCUT2D eigenvalue weighted by molar-refractivity contribution is -0.384. The fourth-order valence-electron chi connectivity index (χ4n) is 2.30. The number of nitrogens with one attached hydrogen (secondary N) is 1. The Morgan fingerprint density at radius 2 is 1.85 bits per heavy atom. The Morgan fingerprint density at radius 1 is 1.15 bits per heavy atom. The average Bonchev–Trinajstić information content (AvgIpc) is 2.39. The third-order valence-corrected chi connectivity index (χ3v) is 3.21. The quantitative estimate of drug-likeness (QED) is 0.661. The molecule has 1 unspecified atom stereocenters. The molecule has 0 amide bonds. The SMILES string of the molecule is Cc1cccc(NC(C)Cc2ccccc2)c1[N+](=O)[O-]. The van der Waals surface area contributed by atoms with Gasteiger partial charge in [-0.15, -0.1) is 0 Å². The number of para-hydroxylation sites is 1. The zero-order valence-electron chi connectivity index (χ0n) is 11.7. The minimum absolute atomic E-state index is 0.123. The summed E-state index contributed by atoms with van der Waals surface area (Å²) in [5.74, 6) is 0. The first kappa shape index (κ1) is 14.1. The Labute approximate surface area is 118 Å². The standard InChI is InChI=1S/C16H18N2O2/c1-12-7-6-10-15(16(12)18(19)20)17-13(2)11-14-8-4-3-5-9-14/h3-10,13,17H,11H2,1-2H3. The Bertz CT molecular complexity index is 597. The number of aryl methyl sites for hydroxylation is 1. The highest BCUT2D eigenvalue weighted by atomic mass is 16.6. The highest BCUT2D eigenvalue weighted by Gasteiger charge is 2.17. The van der Waals surface area contributed by atoms with Gasteiger partial charge >= 0.3 is 0 Å². The number of hydrogen-bond donors (Lipinski definition) is 1. The van der Waals surface area contributed by atoms with Gasteiger partial charge < -0.3 is 5.32 Å². The van der Waals surface area contributed by atoms with E-state index in [1.807, 2.05) is 31.2 Å². The van der Waals surface area contributed by atoms with Crippen molar-refractivity contribution in [1.82, 2.24) is 0 Å². The minimum Gasteiger partial charge on any atom is -0.377 e. The molecule has 0 aromatic heterocycles. The van der Waals surface area contributed by atoms with Crippen molar-refractivity contribution in [3.63, 3.8) is 0 Å². The molecular weight excluding hydrogens is 252 g/mol. The molecule has 0 radical (unpaired) electrons. The van der Waals surface area contributed by atoms with E-state index in [-0.39, 0.29) is 16.7 Å². The normalized spacial score (nSPS) is 11.9. The number of nitro groups is 1. The van der Waals surface area contributed by atoms with E-state index in [1.165, 1.54) is 5.56 Å². The van der Waals surface area contributed by atoms with Crippen LogP contribution in [0.3, 0.4) is 0 Å². The molecule has 0 spiro atoms. The lowest BCUT2D eigenvalue weighted by atomic mass is 10.1. The van der Waals surface area contributed by atoms with Gasteiger partial charge in [0, 0.05) is 11.6 Å². The van der Waals surface area contributed by atoms with Crippen LogP contribution in [0.5, 0.6) is 0 Å². The van der Waals surface area contributed by atoms with E-state index in [0.717, 1.165) is 6.42 Å². The minimum atomic E-state index is -0.326. The van der Waals surface area contributed by atoms with Crippen molar-refractivity contribution in [2.75, 3.05) is 5.32 Å². The number of benzene rings is 2. The Hall–Kier alpha value is -2.36. The molecule has 0 aliphatic heterocycles. The zero-order chi connectivity index (χ0) is 14.5. The second kappa shape index (κ2) is 6.19. The molecule has 2 aromatic carbocycles. The molecule has 1 atom stereocenters. The summed E-state index contributed by atoms with van der Waals surface area (Å²) in [6.45, 7) is 3.78. The van der Waals surface area contributed by atoms with Gasteiger partial charge in [0.2, 0.25) is 0 Å². The smallest absolute Gasteiger partial charge is 0.295 e. The molecule has 2 rings (SSSR count). The van der Waals surface area contributed by atoms with Crippen molar-refractivity contribution in [2.24, 2.45) is 0 Å². The fourth-order valence-corrected chi connectivity index (χ4v) is 2.30. The predicted octanol–water partition coefficient (Wildman–Crippen LogP) is 3.95. The zero-order valence-corrected chi connectivity index (χ0v) is 11.7. The highest BCUT2D eigenvalue weighted by molar-refractivity contribution is 5.65. The van der Waals surface area contributed by atoms with E-state index in [9.17, 15) is 10.1 Å². The first-order valence-corrected chi connectivity index (χ1v) is 6.62. The Balaban J connectivity index is 2.14. The predicted molar refractivity (Wildman–Crippen MR) is 81.1 cm³/mol. The number of nitrogens with zero attached hydrogens (tertiary/aromatic N) is 1. The third-order valence-electron chi connectivity index (χ3n) is 3.21. The maximum Gasteiger partial charge on any atom is 0.295 e. The lowest BCUT2D eigenvalue weighted by Gasteiger charge is -2.16. The molecule has 104 valence electrons. The van der Waals surface area contributed by atoms with Crippen molar-refractivity contribution in [2.45, 2.75) is 26.3 Å². The van der Waals surface area contributed by atoms with Crippen molar-refractivity contribution < 1.29 is 4.92 Å². The number of nitro benzene ring substituents is 1. The van der Waals surface area contributed by atoms with Gasteiger partial charge in [-0.3, -0.25) is 10.1 Å². The first-order valence-electron chi connectivity index (χ1n) is 6.62. The van der Waals surface area contributed by atoms with Crippen molar-refractivity contribution in [3.8, 4) is 0 Å². The molecule has 20 heavy (non-hydrogen) atoms. The number of rotatable bonds is 5. The van der Waals surface area contributed by atoms with Gasteiger partial charge in [0.15, 0.2) is 0 Å². The van der Waals surface area contributed by atoms with Crippen LogP contribution in [0.4, 0.5) is 11.4 Å². The van der Waals surface area contributed by atoms with Crippen LogP contribution < -0.4 is 5.32 Å². The molecule has 0 heterocycles. The Morgan fingerprint density at radius 3 is 2.50 bits per heavy atom. The lowest BCUT2D eigenvalue weighted by Crippen LogP contribution is -2.19. The van der Waals surface area contributed by atoms with Gasteiger partial charge in [0.1, 0.15) is 5.69 Å². The second-order valence-electron chi connectivity index (χ2n) is 4.96. The van der Waals surface area contributed by atoms with E-state index in [2.05, 4.69) is 17.4 Å². The summed E-state index contributed by atoms with van der Waals surface area (Å²) >= 11 is 0. The van der Waals surface area contributed by atoms with Crippen LogP contribution in [0.1, 0.15) is 18.1 Å². The summed E-state index contributed by atoms with van der Waals surface area (Å²) in [7, 11) is 0. The van der Waals surface area contributed by atoms with Gasteiger partial charge in [-0.2, -0.15) is 0 Å². The fraction of sp³-hybridized carbons (Fsp3) is 0.250. The van der Waals surface area contributed by atoms with Crippen molar-refractivity contribution in [3.05, 3.63) is 69.8 Å². The summed E-state index contributed by atoms with van der Waals surface area (Å²) in [5.41, 5.74) is 2.63. The summed E-state index contributed by atoms with van der Waals surface area (Å²) in [5, 5.41) is 14.4. The molecule has 2 aromatic rings. The largest absolute Gasteiger partial charge is 0.377 e. The van der Waals surface area contributed by atoms with Crippen LogP contribution in [-0.2, 0) is 6.42 Å². The molecule has 0 fully saturated rings. The molecule has 0 bridgehead atoms. The summed E-state index contributed by atoms with van der Waals surface area (Å²) in [6, 6.07) is 15.6. The van der Waals surface area contributed by atoms with Crippen LogP contribution in [0.25, 0.3) is 0 Å². The molecule has 0 aliphatic rings. The van der Waals surface area contributed by atoms with E-state index in [4.69, 9.17) is 0 Å². The van der Waals surface area contributed by atoms with Crippen LogP contribution >= 0.6 is 0 Å². The van der Waals surface area contributed by atoms with Crippen LogP contribution in [0, 0.1) is 17.0 Å². The molecule has 4 heteroatoms. The van der Waals surface area contributed by atoms with E-state index >= 15 is 0 Å². The summed E-state index contributed by atoms with van der Waals surface area (Å²) in [6.07, 6.45) is 0.825. The van der Waals surface area contributed by atoms with Gasteiger partial charge in [0.25, 0.3) is 5.69 Å². The van der Waals surface area contributed by atoms with E-state index in [0.29, 0.717) is 11.3 Å². The van der Waals surface area contributed by atoms with E-state index in [1.54, 1.807) is 19.1 Å². The highest BCUT2D eigenvalue weighted by Crippen LogP contribution is 2.28. The monoisotopic (exact) mass is 270 g/mol. The second-order valence-corrected chi connectivity index (χ2v) is 4.96. The van der Waals surface area contributed by atoms with Crippen LogP contribution in [0.2, 0.25) is 0 Å². The molecule has 1 N–H and O–H groups in total. The number of anilines is 1. The first-order chi connectivity index (χ1) is 9.58. The van der Waals surface area contributed by atoms with Crippen LogP contribution in [0.15, 0.2) is 48.5 Å². The maximum absolute atomic E-state index is 11.1. The summed E-state index contributed by atoms with van der Waals surface area (Å²) < 4.78 is 0. The Kier molecular flexibility index (Phi) is 4.35. The molecule has 0 saturated carbocycles.